The maximum Gasteiger partial charge on any atom is 0.181 e. The number of nitrogens with zero attached hydrogens (tertiary/aromatic N) is 3. The number of pyridine rings is 1. The zero-order valence-electron chi connectivity index (χ0n) is 9.82. The lowest BCUT2D eigenvalue weighted by molar-refractivity contribution is 0.181. The molecule has 0 bridgehead atoms. The van der Waals surface area contributed by atoms with Gasteiger partial charge in [0.05, 0.1) is 15.9 Å². The highest BCUT2D eigenvalue weighted by Crippen LogP contribution is 2.28. The van der Waals surface area contributed by atoms with Crippen molar-refractivity contribution in [3.63, 3.8) is 0 Å². The fourth-order valence-electron chi connectivity index (χ4n) is 1.43. The predicted octanol–water partition coefficient (Wildman–Crippen LogP) is 3.40. The summed E-state index contributed by atoms with van der Waals surface area (Å²) in [5.74, 6) is 0.901. The zero-order chi connectivity index (χ0) is 14.0. The third kappa shape index (κ3) is 3.41. The first-order chi connectivity index (χ1) is 9.02. The van der Waals surface area contributed by atoms with Crippen molar-refractivity contribution in [2.75, 3.05) is 12.8 Å². The molecule has 0 unspecified atom stereocenters. The lowest BCUT2D eigenvalue weighted by atomic mass is 10.3. The molecule has 8 heteroatoms. The van der Waals surface area contributed by atoms with E-state index >= 15 is 0 Å². The number of nitrogens with two attached hydrogens (primary N) is 1. The normalized spacial score (nSPS) is 10.7. The summed E-state index contributed by atoms with van der Waals surface area (Å²) in [6, 6.07) is 1.88. The number of hydrogen-bond acceptors (Lipinski definition) is 5. The van der Waals surface area contributed by atoms with Crippen LogP contribution in [0.15, 0.2) is 21.2 Å². The molecule has 0 aliphatic heterocycles. The molecule has 0 aliphatic carbocycles. The number of ether oxygens (including phenoxy) is 1. The first kappa shape index (κ1) is 15.1. The van der Waals surface area contributed by atoms with Crippen molar-refractivity contribution in [3.05, 3.63) is 30.5 Å². The lowest BCUT2D eigenvalue weighted by Crippen LogP contribution is -2.06. The van der Waals surface area contributed by atoms with E-state index in [4.69, 9.17) is 10.5 Å². The Morgan fingerprint density at radius 3 is 2.74 bits per heavy atom. The van der Waals surface area contributed by atoms with E-state index < -0.39 is 0 Å². The van der Waals surface area contributed by atoms with Gasteiger partial charge in [0.25, 0.3) is 0 Å². The van der Waals surface area contributed by atoms with Crippen LogP contribution in [0.25, 0.3) is 11.5 Å². The number of aromatic nitrogens is 3. The molecule has 0 saturated heterocycles. The summed E-state index contributed by atoms with van der Waals surface area (Å²) >= 11 is 8.91. The van der Waals surface area contributed by atoms with E-state index in [1.165, 1.54) is 0 Å². The molecular formula is C11H9Br2IN4O. The van der Waals surface area contributed by atoms with Gasteiger partial charge in [0.1, 0.15) is 11.5 Å². The first-order valence-corrected chi connectivity index (χ1v) is 7.81. The Bertz CT molecular complexity index is 624. The van der Waals surface area contributed by atoms with Crippen LogP contribution in [0.5, 0.6) is 0 Å². The van der Waals surface area contributed by atoms with Crippen molar-refractivity contribution < 1.29 is 4.74 Å². The van der Waals surface area contributed by atoms with Crippen molar-refractivity contribution in [2.24, 2.45) is 0 Å². The molecule has 19 heavy (non-hydrogen) atoms. The molecule has 2 aromatic heterocycles. The van der Waals surface area contributed by atoms with Crippen LogP contribution in [-0.4, -0.2) is 22.1 Å². The average molecular weight is 500 g/mol. The summed E-state index contributed by atoms with van der Waals surface area (Å²) in [4.78, 5) is 13.0. The van der Waals surface area contributed by atoms with Crippen LogP contribution in [0.4, 0.5) is 5.82 Å². The molecule has 2 heterocycles. The van der Waals surface area contributed by atoms with E-state index in [1.54, 1.807) is 13.3 Å². The quantitative estimate of drug-likeness (QED) is 0.655. The fraction of sp³-hybridized carbons (Fsp3) is 0.182. The Kier molecular flexibility index (Phi) is 5.09. The minimum Gasteiger partial charge on any atom is -0.383 e. The Morgan fingerprint density at radius 2 is 2.11 bits per heavy atom. The molecule has 2 aromatic rings. The topological polar surface area (TPSA) is 73.9 Å². The monoisotopic (exact) mass is 498 g/mol. The Balaban J connectivity index is 2.56. The number of hydrogen-bond donors (Lipinski definition) is 1. The molecular weight excluding hydrogens is 491 g/mol. The third-order valence-electron chi connectivity index (χ3n) is 2.25. The summed E-state index contributed by atoms with van der Waals surface area (Å²) in [5.41, 5.74) is 7.30. The van der Waals surface area contributed by atoms with Crippen LogP contribution in [0.3, 0.4) is 0 Å². The van der Waals surface area contributed by atoms with Gasteiger partial charge in [-0.2, -0.15) is 0 Å². The summed E-state index contributed by atoms with van der Waals surface area (Å²) in [6.07, 6.45) is 1.69. The number of methoxy groups -OCH3 is 1. The molecule has 0 aromatic carbocycles. The smallest absolute Gasteiger partial charge is 0.181 e. The minimum absolute atomic E-state index is 0.381. The van der Waals surface area contributed by atoms with Crippen LogP contribution < -0.4 is 5.73 Å². The summed E-state index contributed by atoms with van der Waals surface area (Å²) in [6.45, 7) is 0.381. The van der Waals surface area contributed by atoms with E-state index in [0.29, 0.717) is 23.9 Å². The molecule has 2 rings (SSSR count). The second kappa shape index (κ2) is 6.42. The number of nitrogen functional groups attached to an aromatic ring is 1. The van der Waals surface area contributed by atoms with Gasteiger partial charge in [0, 0.05) is 22.3 Å². The minimum atomic E-state index is 0.381. The summed E-state index contributed by atoms with van der Waals surface area (Å²) in [7, 11) is 1.61. The summed E-state index contributed by atoms with van der Waals surface area (Å²) < 4.78 is 7.59. The van der Waals surface area contributed by atoms with E-state index in [1.807, 2.05) is 6.07 Å². The van der Waals surface area contributed by atoms with Crippen molar-refractivity contribution in [2.45, 2.75) is 6.61 Å². The number of halogens is 3. The standard InChI is InChI=1S/C11H9Br2IN4O/c1-19-4-7-8(14)10(15)18-11(17-7)9-6(13)2-5(12)3-16-9/h2-3H,4H2,1H3,(H2,15,17,18). The molecule has 5 nitrogen and oxygen atoms in total. The molecule has 100 valence electrons. The fourth-order valence-corrected chi connectivity index (χ4v) is 2.99. The van der Waals surface area contributed by atoms with Gasteiger partial charge in [-0.3, -0.25) is 4.98 Å². The van der Waals surface area contributed by atoms with Crippen LogP contribution in [-0.2, 0) is 11.3 Å². The van der Waals surface area contributed by atoms with Crippen LogP contribution in [0, 0.1) is 3.57 Å². The highest BCUT2D eigenvalue weighted by Gasteiger charge is 2.14. The van der Waals surface area contributed by atoms with Gasteiger partial charge >= 0.3 is 0 Å². The molecule has 0 fully saturated rings. The molecule has 0 atom stereocenters. The Hall–Kier alpha value is -0.320. The van der Waals surface area contributed by atoms with Gasteiger partial charge in [-0.15, -0.1) is 0 Å². The van der Waals surface area contributed by atoms with Crippen LogP contribution >= 0.6 is 54.5 Å². The van der Waals surface area contributed by atoms with Crippen molar-refractivity contribution in [1.82, 2.24) is 15.0 Å². The second-order valence-corrected chi connectivity index (χ2v) is 6.46. The number of anilines is 1. The van der Waals surface area contributed by atoms with Gasteiger partial charge in [0.2, 0.25) is 0 Å². The zero-order valence-corrected chi connectivity index (χ0v) is 15.2. The molecule has 0 saturated carbocycles. The van der Waals surface area contributed by atoms with Crippen LogP contribution in [0.1, 0.15) is 5.69 Å². The molecule has 0 aliphatic rings. The van der Waals surface area contributed by atoms with Crippen LogP contribution in [0.2, 0.25) is 0 Å². The van der Waals surface area contributed by atoms with Gasteiger partial charge in [0.15, 0.2) is 5.82 Å². The van der Waals surface area contributed by atoms with Crippen molar-refractivity contribution in [1.29, 1.82) is 0 Å². The highest BCUT2D eigenvalue weighted by atomic mass is 127. The Labute approximate surface area is 140 Å². The molecule has 0 spiro atoms. The van der Waals surface area contributed by atoms with Gasteiger partial charge < -0.3 is 10.5 Å². The molecule has 2 N–H and O–H groups in total. The van der Waals surface area contributed by atoms with Crippen molar-refractivity contribution in [3.8, 4) is 11.5 Å². The SMILES string of the molecule is COCc1nc(-c2ncc(Br)cc2Br)nc(N)c1I. The maximum absolute atomic E-state index is 5.90. The average Bonchev–Trinajstić information content (AvgIpc) is 2.35. The largest absolute Gasteiger partial charge is 0.383 e. The number of rotatable bonds is 3. The highest BCUT2D eigenvalue weighted by molar-refractivity contribution is 14.1. The van der Waals surface area contributed by atoms with E-state index in [9.17, 15) is 0 Å². The third-order valence-corrected chi connectivity index (χ3v) is 4.46. The van der Waals surface area contributed by atoms with Gasteiger partial charge in [-0.1, -0.05) is 0 Å². The van der Waals surface area contributed by atoms with E-state index in [-0.39, 0.29) is 0 Å². The lowest BCUT2D eigenvalue weighted by Gasteiger charge is -2.09. The summed E-state index contributed by atoms with van der Waals surface area (Å²) in [5, 5.41) is 0. The maximum atomic E-state index is 5.90. The van der Waals surface area contributed by atoms with Gasteiger partial charge in [-0.25, -0.2) is 9.97 Å². The van der Waals surface area contributed by atoms with Gasteiger partial charge in [-0.05, 0) is 60.5 Å². The van der Waals surface area contributed by atoms with Crippen molar-refractivity contribution >= 4 is 60.3 Å². The predicted molar refractivity (Wildman–Crippen MR) is 88.5 cm³/mol. The van der Waals surface area contributed by atoms with E-state index in [0.717, 1.165) is 18.2 Å². The Morgan fingerprint density at radius 1 is 1.37 bits per heavy atom. The second-order valence-electron chi connectivity index (χ2n) is 3.61. The first-order valence-electron chi connectivity index (χ1n) is 5.15. The molecule has 0 amide bonds. The molecule has 0 radical (unpaired) electrons. The van der Waals surface area contributed by atoms with E-state index in [2.05, 4.69) is 69.4 Å².